The molecule has 1 spiro atoms. The number of aryl methyl sites for hydroxylation is 1. The molecule has 9 nitrogen and oxygen atoms in total. The molecule has 0 bridgehead atoms. The largest absolute Gasteiger partial charge is 0.390 e. The van der Waals surface area contributed by atoms with Crippen LogP contribution in [0.15, 0.2) is 34.4 Å². The normalized spacial score (nSPS) is 19.2. The summed E-state index contributed by atoms with van der Waals surface area (Å²) < 4.78 is 2.04. The molecule has 0 unspecified atom stereocenters. The number of pyridine rings is 1. The second-order valence-electron chi connectivity index (χ2n) is 8.61. The average Bonchev–Trinajstić information content (AvgIpc) is 3.38. The molecule has 5 rings (SSSR count). The fourth-order valence-corrected chi connectivity index (χ4v) is 6.04. The molecule has 1 atom stereocenters. The Morgan fingerprint density at radius 3 is 2.76 bits per heavy atom. The third-order valence-electron chi connectivity index (χ3n) is 6.78. The van der Waals surface area contributed by atoms with Gasteiger partial charge in [0.2, 0.25) is 0 Å². The number of hydrogen-bond acceptors (Lipinski definition) is 9. The van der Waals surface area contributed by atoms with Gasteiger partial charge in [0.25, 0.3) is 0 Å². The molecule has 4 N–H and O–H groups in total. The van der Waals surface area contributed by atoms with Gasteiger partial charge in [0.05, 0.1) is 29.1 Å². The van der Waals surface area contributed by atoms with Crippen molar-refractivity contribution in [3.8, 4) is 0 Å². The highest BCUT2D eigenvalue weighted by Gasteiger charge is 2.47. The first-order chi connectivity index (χ1) is 16.0. The Balaban J connectivity index is 1.36. The highest BCUT2D eigenvalue weighted by Crippen LogP contribution is 2.48. The molecule has 3 aromatic heterocycles. The number of rotatable bonds is 5. The van der Waals surface area contributed by atoms with Gasteiger partial charge in [0, 0.05) is 49.4 Å². The van der Waals surface area contributed by atoms with Crippen molar-refractivity contribution in [3.63, 3.8) is 0 Å². The zero-order valence-corrected chi connectivity index (χ0v) is 20.2. The van der Waals surface area contributed by atoms with Gasteiger partial charge in [0.1, 0.15) is 16.5 Å². The van der Waals surface area contributed by atoms with Crippen LogP contribution in [0.3, 0.4) is 0 Å². The van der Waals surface area contributed by atoms with Crippen molar-refractivity contribution in [2.75, 3.05) is 30.4 Å². The van der Waals surface area contributed by atoms with E-state index in [0.29, 0.717) is 16.5 Å². The van der Waals surface area contributed by atoms with E-state index in [1.165, 1.54) is 11.8 Å². The number of aromatic nitrogens is 5. The fourth-order valence-electron chi connectivity index (χ4n) is 4.85. The highest BCUT2D eigenvalue weighted by molar-refractivity contribution is 7.99. The Labute approximate surface area is 201 Å². The SMILES string of the molecule is CNc1nccc(Sc2nc(CO)c(N3CCC4(CC3)Cn3nccc3[C@@H]4N)nc2C)c1Cl. The monoisotopic (exact) mass is 486 g/mol. The van der Waals surface area contributed by atoms with Crippen LogP contribution in [0.2, 0.25) is 5.02 Å². The van der Waals surface area contributed by atoms with E-state index < -0.39 is 0 Å². The molecule has 0 radical (unpaired) electrons. The molecule has 1 saturated heterocycles. The quantitative estimate of drug-likeness (QED) is 0.500. The van der Waals surface area contributed by atoms with Gasteiger partial charge in [-0.3, -0.25) is 4.68 Å². The third-order valence-corrected chi connectivity index (χ3v) is 8.41. The van der Waals surface area contributed by atoms with Crippen LogP contribution in [0, 0.1) is 12.3 Å². The molecular formula is C22H27ClN8OS. The number of aliphatic hydroxyl groups is 1. The van der Waals surface area contributed by atoms with E-state index in [-0.39, 0.29) is 18.1 Å². The summed E-state index contributed by atoms with van der Waals surface area (Å²) in [6, 6.07) is 3.87. The van der Waals surface area contributed by atoms with Gasteiger partial charge >= 0.3 is 0 Å². The summed E-state index contributed by atoms with van der Waals surface area (Å²) >= 11 is 7.89. The minimum absolute atomic E-state index is 0.00123. The average molecular weight is 487 g/mol. The predicted octanol–water partition coefficient (Wildman–Crippen LogP) is 3.02. The summed E-state index contributed by atoms with van der Waals surface area (Å²) in [7, 11) is 1.78. The van der Waals surface area contributed by atoms with Crippen LogP contribution in [0.4, 0.5) is 11.6 Å². The number of aliphatic hydroxyl groups excluding tert-OH is 1. The van der Waals surface area contributed by atoms with E-state index >= 15 is 0 Å². The number of anilines is 2. The lowest BCUT2D eigenvalue weighted by Crippen LogP contribution is -2.45. The Morgan fingerprint density at radius 2 is 2.06 bits per heavy atom. The first kappa shape index (κ1) is 22.4. The zero-order valence-electron chi connectivity index (χ0n) is 18.6. The van der Waals surface area contributed by atoms with Gasteiger partial charge < -0.3 is 21.1 Å². The number of halogens is 1. The van der Waals surface area contributed by atoms with Crippen molar-refractivity contribution in [2.45, 2.75) is 48.9 Å². The second kappa shape index (κ2) is 8.75. The van der Waals surface area contributed by atoms with Crippen LogP contribution >= 0.6 is 23.4 Å². The van der Waals surface area contributed by atoms with Gasteiger partial charge in [-0.05, 0) is 31.9 Å². The summed E-state index contributed by atoms with van der Waals surface area (Å²) in [5.41, 5.74) is 9.13. The molecule has 0 amide bonds. The van der Waals surface area contributed by atoms with Crippen molar-refractivity contribution in [3.05, 3.63) is 46.6 Å². The lowest BCUT2D eigenvalue weighted by Gasteiger charge is -2.42. The van der Waals surface area contributed by atoms with Gasteiger partial charge in [-0.15, -0.1) is 0 Å². The molecule has 3 aromatic rings. The molecule has 0 aromatic carbocycles. The van der Waals surface area contributed by atoms with E-state index in [1.807, 2.05) is 29.9 Å². The van der Waals surface area contributed by atoms with Crippen LogP contribution in [0.5, 0.6) is 0 Å². The Kier molecular flexibility index (Phi) is 5.94. The van der Waals surface area contributed by atoms with Crippen LogP contribution in [-0.2, 0) is 13.2 Å². The number of nitrogens with two attached hydrogens (primary N) is 1. The summed E-state index contributed by atoms with van der Waals surface area (Å²) in [6.07, 6.45) is 5.41. The number of fused-ring (bicyclic) bond motifs is 1. The van der Waals surface area contributed by atoms with Crippen LogP contribution in [-0.4, -0.2) is 50.0 Å². The molecule has 0 saturated carbocycles. The van der Waals surface area contributed by atoms with Crippen molar-refractivity contribution in [2.24, 2.45) is 11.1 Å². The number of piperidine rings is 1. The lowest BCUT2D eigenvalue weighted by atomic mass is 9.73. The predicted molar refractivity (Wildman–Crippen MR) is 129 cm³/mol. The molecule has 33 heavy (non-hydrogen) atoms. The van der Waals surface area contributed by atoms with E-state index in [9.17, 15) is 5.11 Å². The van der Waals surface area contributed by atoms with Crippen molar-refractivity contribution in [1.29, 1.82) is 0 Å². The van der Waals surface area contributed by atoms with E-state index in [4.69, 9.17) is 27.3 Å². The summed E-state index contributed by atoms with van der Waals surface area (Å²) in [5, 5.41) is 18.8. The van der Waals surface area contributed by atoms with Crippen molar-refractivity contribution >= 4 is 35.0 Å². The summed E-state index contributed by atoms with van der Waals surface area (Å²) in [4.78, 5) is 16.9. The third kappa shape index (κ3) is 3.84. The van der Waals surface area contributed by atoms with Gasteiger partial charge in [-0.1, -0.05) is 23.4 Å². The molecule has 5 heterocycles. The maximum absolute atomic E-state index is 10.1. The number of hydrogen-bond donors (Lipinski definition) is 3. The molecule has 0 aliphatic carbocycles. The highest BCUT2D eigenvalue weighted by atomic mass is 35.5. The van der Waals surface area contributed by atoms with Crippen molar-refractivity contribution in [1.82, 2.24) is 24.7 Å². The maximum Gasteiger partial charge on any atom is 0.153 e. The maximum atomic E-state index is 10.1. The summed E-state index contributed by atoms with van der Waals surface area (Å²) in [5.74, 6) is 1.36. The van der Waals surface area contributed by atoms with Crippen LogP contribution in [0.1, 0.15) is 36.0 Å². The molecular weight excluding hydrogens is 460 g/mol. The lowest BCUT2D eigenvalue weighted by molar-refractivity contribution is 0.170. The minimum Gasteiger partial charge on any atom is -0.390 e. The Morgan fingerprint density at radius 1 is 1.27 bits per heavy atom. The topological polar surface area (TPSA) is 118 Å². The molecule has 11 heteroatoms. The first-order valence-corrected chi connectivity index (χ1v) is 12.2. The van der Waals surface area contributed by atoms with E-state index in [2.05, 4.69) is 20.3 Å². The number of nitrogens with zero attached hydrogens (tertiary/aromatic N) is 6. The Bertz CT molecular complexity index is 1180. The Hall–Kier alpha value is -2.40. The van der Waals surface area contributed by atoms with Gasteiger partial charge in [-0.25, -0.2) is 15.0 Å². The van der Waals surface area contributed by atoms with Crippen LogP contribution in [0.25, 0.3) is 0 Å². The molecule has 174 valence electrons. The minimum atomic E-state index is -0.182. The van der Waals surface area contributed by atoms with E-state index in [0.717, 1.165) is 59.6 Å². The smallest absolute Gasteiger partial charge is 0.153 e. The molecule has 2 aliphatic heterocycles. The van der Waals surface area contributed by atoms with Gasteiger partial charge in [0.15, 0.2) is 5.82 Å². The second-order valence-corrected chi connectivity index (χ2v) is 10.0. The molecule has 1 fully saturated rings. The van der Waals surface area contributed by atoms with Crippen molar-refractivity contribution < 1.29 is 5.11 Å². The standard InChI is InChI=1S/C22H27ClN8OS/c1-13-21(33-16-4-7-26-19(25-2)17(16)23)29-14(11-32)20(28-13)30-9-5-22(6-10-30)12-31-15(18(22)24)3-8-27-31/h3-4,7-8,18,32H,5-6,9-12,24H2,1-2H3,(H,25,26)/t18-/m0/s1. The fraction of sp³-hybridized carbons (Fsp3) is 0.455. The molecule has 2 aliphatic rings. The van der Waals surface area contributed by atoms with Gasteiger partial charge in [-0.2, -0.15) is 5.10 Å². The van der Waals surface area contributed by atoms with E-state index in [1.54, 1.807) is 13.2 Å². The summed E-state index contributed by atoms with van der Waals surface area (Å²) in [6.45, 7) is 4.24. The zero-order chi connectivity index (χ0) is 23.2. The van der Waals surface area contributed by atoms with Crippen LogP contribution < -0.4 is 16.0 Å². The first-order valence-electron chi connectivity index (χ1n) is 11.0. The number of nitrogens with one attached hydrogen (secondary N) is 1.